The second-order valence-corrected chi connectivity index (χ2v) is 14.1. The van der Waals surface area contributed by atoms with E-state index in [0.29, 0.717) is 17.5 Å². The van der Waals surface area contributed by atoms with Crippen molar-refractivity contribution < 1.29 is 4.42 Å². The van der Waals surface area contributed by atoms with Crippen LogP contribution in [0.1, 0.15) is 0 Å². The van der Waals surface area contributed by atoms with Crippen LogP contribution >= 0.6 is 0 Å². The number of benzene rings is 8. The predicted molar refractivity (Wildman–Crippen MR) is 229 cm³/mol. The second kappa shape index (κ2) is 13.0. The summed E-state index contributed by atoms with van der Waals surface area (Å²) in [7, 11) is 0. The Hall–Kier alpha value is -7.63. The highest BCUT2D eigenvalue weighted by Crippen LogP contribution is 2.37. The molecule has 0 saturated carbocycles. The molecular formula is C51H32N4O. The monoisotopic (exact) mass is 716 g/mol. The highest BCUT2D eigenvalue weighted by Gasteiger charge is 2.17. The summed E-state index contributed by atoms with van der Waals surface area (Å²) in [6, 6.07) is 67.4. The number of aromatic nitrogens is 4. The lowest BCUT2D eigenvalue weighted by Gasteiger charge is -2.11. The van der Waals surface area contributed by atoms with Gasteiger partial charge >= 0.3 is 0 Å². The van der Waals surface area contributed by atoms with E-state index in [1.807, 2.05) is 12.1 Å². The fraction of sp³-hybridized carbons (Fsp3) is 0. The van der Waals surface area contributed by atoms with Crippen LogP contribution in [0.25, 0.3) is 106 Å². The lowest BCUT2D eigenvalue weighted by Crippen LogP contribution is -2.00. The van der Waals surface area contributed by atoms with Crippen molar-refractivity contribution in [2.45, 2.75) is 0 Å². The van der Waals surface area contributed by atoms with Crippen LogP contribution in [0.4, 0.5) is 0 Å². The Morgan fingerprint density at radius 2 is 0.786 bits per heavy atom. The molecular weight excluding hydrogens is 685 g/mol. The van der Waals surface area contributed by atoms with Crippen molar-refractivity contribution in [3.63, 3.8) is 0 Å². The van der Waals surface area contributed by atoms with Gasteiger partial charge in [-0.2, -0.15) is 0 Å². The van der Waals surface area contributed by atoms with Crippen LogP contribution in [0.3, 0.4) is 0 Å². The predicted octanol–water partition coefficient (Wildman–Crippen LogP) is 13.2. The summed E-state index contributed by atoms with van der Waals surface area (Å²) in [5.74, 6) is 1.79. The van der Waals surface area contributed by atoms with Crippen LogP contribution in [0, 0.1) is 0 Å². The lowest BCUT2D eigenvalue weighted by atomic mass is 10.0. The van der Waals surface area contributed by atoms with Crippen molar-refractivity contribution in [2.75, 3.05) is 0 Å². The van der Waals surface area contributed by atoms with Crippen LogP contribution < -0.4 is 0 Å². The van der Waals surface area contributed by atoms with Gasteiger partial charge in [0.2, 0.25) is 0 Å². The van der Waals surface area contributed by atoms with E-state index < -0.39 is 0 Å². The number of hydrogen-bond donors (Lipinski definition) is 0. The van der Waals surface area contributed by atoms with Crippen molar-refractivity contribution in [3.8, 4) is 62.1 Å². The van der Waals surface area contributed by atoms with E-state index >= 15 is 0 Å². The number of rotatable bonds is 6. The van der Waals surface area contributed by atoms with Gasteiger partial charge < -0.3 is 8.98 Å². The Bertz CT molecular complexity index is 3100. The first kappa shape index (κ1) is 31.9. The van der Waals surface area contributed by atoms with Crippen molar-refractivity contribution in [1.82, 2.24) is 19.5 Å². The number of para-hydroxylation sites is 2. The maximum absolute atomic E-state index is 6.54. The van der Waals surface area contributed by atoms with Gasteiger partial charge in [-0.15, -0.1) is 0 Å². The quantitative estimate of drug-likeness (QED) is 0.172. The van der Waals surface area contributed by atoms with E-state index in [4.69, 9.17) is 19.4 Å². The van der Waals surface area contributed by atoms with E-state index in [1.165, 1.54) is 21.8 Å². The number of furan rings is 1. The van der Waals surface area contributed by atoms with Gasteiger partial charge in [-0.1, -0.05) is 140 Å². The van der Waals surface area contributed by atoms with Gasteiger partial charge in [0.05, 0.1) is 11.0 Å². The molecule has 11 aromatic rings. The zero-order valence-electron chi connectivity index (χ0n) is 30.2. The van der Waals surface area contributed by atoms with Gasteiger partial charge in [0.25, 0.3) is 0 Å². The summed E-state index contributed by atoms with van der Waals surface area (Å²) in [6.45, 7) is 0. The summed E-state index contributed by atoms with van der Waals surface area (Å²) in [5, 5.41) is 4.56. The molecule has 0 N–H and O–H groups in total. The van der Waals surface area contributed by atoms with E-state index in [0.717, 1.165) is 66.6 Å². The van der Waals surface area contributed by atoms with Crippen LogP contribution in [-0.4, -0.2) is 19.5 Å². The van der Waals surface area contributed by atoms with E-state index in [-0.39, 0.29) is 0 Å². The number of hydrogen-bond acceptors (Lipinski definition) is 4. The van der Waals surface area contributed by atoms with Crippen LogP contribution in [0.15, 0.2) is 199 Å². The van der Waals surface area contributed by atoms with Crippen molar-refractivity contribution >= 4 is 43.7 Å². The van der Waals surface area contributed by atoms with Gasteiger partial charge in [0.15, 0.2) is 17.5 Å². The Morgan fingerprint density at radius 1 is 0.304 bits per heavy atom. The molecule has 0 radical (unpaired) electrons. The smallest absolute Gasteiger partial charge is 0.164 e. The molecule has 8 aromatic carbocycles. The largest absolute Gasteiger partial charge is 0.456 e. The minimum absolute atomic E-state index is 0.577. The molecule has 0 aliphatic heterocycles. The van der Waals surface area contributed by atoms with Gasteiger partial charge in [-0.25, -0.2) is 15.0 Å². The Morgan fingerprint density at radius 3 is 1.36 bits per heavy atom. The fourth-order valence-electron chi connectivity index (χ4n) is 7.94. The van der Waals surface area contributed by atoms with Crippen molar-refractivity contribution in [1.29, 1.82) is 0 Å². The van der Waals surface area contributed by atoms with Gasteiger partial charge in [0.1, 0.15) is 11.2 Å². The van der Waals surface area contributed by atoms with Crippen LogP contribution in [0.2, 0.25) is 0 Å². The molecule has 0 bridgehead atoms. The Labute approximate surface area is 322 Å². The topological polar surface area (TPSA) is 56.7 Å². The summed E-state index contributed by atoms with van der Waals surface area (Å²) in [6.07, 6.45) is 0. The van der Waals surface area contributed by atoms with Gasteiger partial charge in [-0.05, 0) is 76.9 Å². The summed E-state index contributed by atoms with van der Waals surface area (Å²) in [5.41, 5.74) is 12.2. The highest BCUT2D eigenvalue weighted by molar-refractivity contribution is 6.10. The molecule has 262 valence electrons. The molecule has 0 amide bonds. The zero-order chi connectivity index (χ0) is 37.0. The first-order valence-corrected chi connectivity index (χ1v) is 18.8. The molecule has 3 aromatic heterocycles. The SMILES string of the molecule is c1ccc(-c2cccc(-c3nc(-c4cccc(-c5ccccc5)c4)nc(-c4ccc5c(c4)oc4ccc(-n6c7ccccc7c7ccccc76)cc45)n3)c2)cc1. The second-order valence-electron chi connectivity index (χ2n) is 14.1. The summed E-state index contributed by atoms with van der Waals surface area (Å²) < 4.78 is 8.88. The molecule has 0 fully saturated rings. The zero-order valence-corrected chi connectivity index (χ0v) is 30.2. The first-order chi connectivity index (χ1) is 27.7. The molecule has 5 nitrogen and oxygen atoms in total. The van der Waals surface area contributed by atoms with Gasteiger partial charge in [-0.3, -0.25) is 0 Å². The normalized spacial score (nSPS) is 11.6. The molecule has 56 heavy (non-hydrogen) atoms. The summed E-state index contributed by atoms with van der Waals surface area (Å²) in [4.78, 5) is 15.3. The highest BCUT2D eigenvalue weighted by atomic mass is 16.3. The maximum Gasteiger partial charge on any atom is 0.164 e. The molecule has 0 saturated heterocycles. The molecule has 0 atom stereocenters. The average molecular weight is 717 g/mol. The number of nitrogens with zero attached hydrogens (tertiary/aromatic N) is 4. The first-order valence-electron chi connectivity index (χ1n) is 18.8. The molecule has 0 aliphatic carbocycles. The van der Waals surface area contributed by atoms with E-state index in [2.05, 4.69) is 187 Å². The minimum Gasteiger partial charge on any atom is -0.456 e. The fourth-order valence-corrected chi connectivity index (χ4v) is 7.94. The van der Waals surface area contributed by atoms with Gasteiger partial charge in [0, 0.05) is 43.9 Å². The average Bonchev–Trinajstić information content (AvgIpc) is 3.82. The van der Waals surface area contributed by atoms with Crippen molar-refractivity contribution in [3.05, 3.63) is 194 Å². The minimum atomic E-state index is 0.577. The molecule has 0 spiro atoms. The Kier molecular flexibility index (Phi) is 7.42. The lowest BCUT2D eigenvalue weighted by molar-refractivity contribution is 0.669. The van der Waals surface area contributed by atoms with Crippen molar-refractivity contribution in [2.24, 2.45) is 0 Å². The van der Waals surface area contributed by atoms with E-state index in [9.17, 15) is 0 Å². The standard InChI is InChI=1S/C51H32N4O/c1-3-13-33(14-4-1)35-17-11-19-37(29-35)49-52-50(38-20-12-18-36(30-38)34-15-5-2-6-16-34)54-51(53-49)39-25-27-43-44-32-40(26-28-47(44)56-48(43)31-39)55-45-23-9-7-21-41(45)42-22-8-10-24-46(42)55/h1-32H. The van der Waals surface area contributed by atoms with Crippen LogP contribution in [-0.2, 0) is 0 Å². The molecule has 0 unspecified atom stereocenters. The number of fused-ring (bicyclic) bond motifs is 6. The third-order valence-electron chi connectivity index (χ3n) is 10.6. The molecule has 3 heterocycles. The maximum atomic E-state index is 6.54. The van der Waals surface area contributed by atoms with E-state index in [1.54, 1.807) is 0 Å². The van der Waals surface area contributed by atoms with Crippen LogP contribution in [0.5, 0.6) is 0 Å². The summed E-state index contributed by atoms with van der Waals surface area (Å²) >= 11 is 0. The third kappa shape index (κ3) is 5.45. The molecule has 0 aliphatic rings. The Balaban J connectivity index is 1.05. The molecule has 5 heteroatoms. The third-order valence-corrected chi connectivity index (χ3v) is 10.6. The molecule has 11 rings (SSSR count).